The summed E-state index contributed by atoms with van der Waals surface area (Å²) in [7, 11) is 0. The van der Waals surface area contributed by atoms with Gasteiger partial charge < -0.3 is 5.32 Å². The number of carbonyl (C=O) groups excluding carboxylic acids is 1. The van der Waals surface area contributed by atoms with E-state index in [9.17, 15) is 4.79 Å². The maximum Gasteiger partial charge on any atom is 0.229 e. The molecule has 24 heavy (non-hydrogen) atoms. The summed E-state index contributed by atoms with van der Waals surface area (Å²) in [6.07, 6.45) is 0.293. The minimum atomic E-state index is -0.0747. The third-order valence-electron chi connectivity index (χ3n) is 3.56. The topological polar surface area (TPSA) is 42.0 Å². The average molecular weight is 357 g/mol. The summed E-state index contributed by atoms with van der Waals surface area (Å²) in [5.41, 5.74) is 3.82. The number of aryl methyl sites for hydroxylation is 2. The quantitative estimate of drug-likeness (QED) is 0.692. The maximum absolute atomic E-state index is 12.4. The molecule has 0 aliphatic rings. The Balaban J connectivity index is 1.80. The van der Waals surface area contributed by atoms with Crippen molar-refractivity contribution in [1.29, 1.82) is 0 Å². The summed E-state index contributed by atoms with van der Waals surface area (Å²) in [4.78, 5) is 17.9. The molecule has 0 radical (unpaired) electrons. The summed E-state index contributed by atoms with van der Waals surface area (Å²) < 4.78 is 0. The zero-order chi connectivity index (χ0) is 17.1. The highest BCUT2D eigenvalue weighted by atomic mass is 35.5. The van der Waals surface area contributed by atoms with Crippen LogP contribution < -0.4 is 5.32 Å². The summed E-state index contributed by atoms with van der Waals surface area (Å²) in [5, 5.41) is 4.44. The second kappa shape index (κ2) is 7.16. The Morgan fingerprint density at radius 3 is 2.62 bits per heavy atom. The molecule has 3 rings (SSSR count). The third kappa shape index (κ3) is 4.02. The van der Waals surface area contributed by atoms with E-state index in [2.05, 4.69) is 29.4 Å². The molecule has 0 saturated carbocycles. The molecule has 0 aliphatic carbocycles. The van der Waals surface area contributed by atoms with Crippen LogP contribution in [-0.2, 0) is 11.2 Å². The number of hydrogen-bond donors (Lipinski definition) is 1. The Morgan fingerprint density at radius 1 is 1.17 bits per heavy atom. The fourth-order valence-corrected chi connectivity index (χ4v) is 3.59. The van der Waals surface area contributed by atoms with Crippen LogP contribution >= 0.6 is 22.9 Å². The number of hydrogen-bond acceptors (Lipinski definition) is 3. The van der Waals surface area contributed by atoms with Crippen molar-refractivity contribution in [2.45, 2.75) is 20.3 Å². The molecular weight excluding hydrogens is 340 g/mol. The molecule has 1 amide bonds. The van der Waals surface area contributed by atoms with Gasteiger partial charge in [-0.1, -0.05) is 47.5 Å². The third-order valence-corrected chi connectivity index (χ3v) is 4.76. The number of benzene rings is 2. The molecule has 0 atom stereocenters. The lowest BCUT2D eigenvalue weighted by Gasteiger charge is -2.06. The number of nitrogens with one attached hydrogen (secondary N) is 1. The van der Waals surface area contributed by atoms with E-state index in [0.717, 1.165) is 21.1 Å². The molecule has 0 spiro atoms. The van der Waals surface area contributed by atoms with Crippen LogP contribution in [0.4, 0.5) is 5.69 Å². The number of halogens is 1. The van der Waals surface area contributed by atoms with E-state index < -0.39 is 0 Å². The molecule has 1 aromatic heterocycles. The Hall–Kier alpha value is -2.17. The summed E-state index contributed by atoms with van der Waals surface area (Å²) >= 11 is 7.51. The van der Waals surface area contributed by atoms with E-state index in [0.29, 0.717) is 17.1 Å². The highest BCUT2D eigenvalue weighted by molar-refractivity contribution is 7.12. The number of nitrogens with zero attached hydrogens (tertiary/aromatic N) is 1. The normalized spacial score (nSPS) is 10.6. The van der Waals surface area contributed by atoms with Gasteiger partial charge in [-0.2, -0.15) is 0 Å². The van der Waals surface area contributed by atoms with Gasteiger partial charge in [-0.25, -0.2) is 4.98 Å². The smallest absolute Gasteiger partial charge is 0.229 e. The Morgan fingerprint density at radius 2 is 1.92 bits per heavy atom. The number of carbonyl (C=O) groups is 1. The van der Waals surface area contributed by atoms with Gasteiger partial charge in [-0.15, -0.1) is 11.3 Å². The van der Waals surface area contributed by atoms with Gasteiger partial charge in [-0.3, -0.25) is 4.79 Å². The molecule has 1 heterocycles. The zero-order valence-electron chi connectivity index (χ0n) is 13.5. The lowest BCUT2D eigenvalue weighted by Crippen LogP contribution is -2.14. The molecule has 5 heteroatoms. The van der Waals surface area contributed by atoms with E-state index >= 15 is 0 Å². The second-order valence-electron chi connectivity index (χ2n) is 5.61. The average Bonchev–Trinajstić information content (AvgIpc) is 2.88. The van der Waals surface area contributed by atoms with Gasteiger partial charge in [0.15, 0.2) is 0 Å². The van der Waals surface area contributed by atoms with Crippen LogP contribution in [0, 0.1) is 13.8 Å². The largest absolute Gasteiger partial charge is 0.326 e. The molecule has 2 aromatic carbocycles. The zero-order valence-corrected chi connectivity index (χ0v) is 15.0. The van der Waals surface area contributed by atoms with Gasteiger partial charge in [0.1, 0.15) is 0 Å². The molecule has 122 valence electrons. The number of anilines is 1. The predicted octanol–water partition coefficient (Wildman–Crippen LogP) is 5.26. The molecule has 3 nitrogen and oxygen atoms in total. The van der Waals surface area contributed by atoms with Crippen molar-refractivity contribution in [1.82, 2.24) is 4.98 Å². The first kappa shape index (κ1) is 16.7. The Bertz CT molecular complexity index is 871. The standard InChI is InChI=1S/C19H17ClN2OS/c1-12-6-8-14(9-7-12)19-17(24-13(2)21-19)11-18(23)22-16-5-3-4-15(20)10-16/h3-10H,11H2,1-2H3,(H,22,23). The summed E-state index contributed by atoms with van der Waals surface area (Å²) in [5.74, 6) is -0.0747. The fraction of sp³-hybridized carbons (Fsp3) is 0.158. The predicted molar refractivity (Wildman–Crippen MR) is 101 cm³/mol. The Kier molecular flexibility index (Phi) is 4.97. The molecule has 0 unspecified atom stereocenters. The van der Waals surface area contributed by atoms with Gasteiger partial charge in [0.2, 0.25) is 5.91 Å². The van der Waals surface area contributed by atoms with E-state index in [1.807, 2.05) is 31.2 Å². The first-order valence-electron chi connectivity index (χ1n) is 7.60. The minimum Gasteiger partial charge on any atom is -0.326 e. The first-order chi connectivity index (χ1) is 11.5. The monoisotopic (exact) mass is 356 g/mol. The maximum atomic E-state index is 12.4. The molecule has 0 fully saturated rings. The highest BCUT2D eigenvalue weighted by Gasteiger charge is 2.15. The van der Waals surface area contributed by atoms with Gasteiger partial charge in [0.05, 0.1) is 17.1 Å². The fourth-order valence-electron chi connectivity index (χ4n) is 2.44. The van der Waals surface area contributed by atoms with Gasteiger partial charge >= 0.3 is 0 Å². The van der Waals surface area contributed by atoms with Crippen LogP contribution in [0.1, 0.15) is 15.4 Å². The SMILES string of the molecule is Cc1ccc(-c2nc(C)sc2CC(=O)Nc2cccc(Cl)c2)cc1. The highest BCUT2D eigenvalue weighted by Crippen LogP contribution is 2.29. The van der Waals surface area contributed by atoms with E-state index in [-0.39, 0.29) is 5.91 Å². The molecular formula is C19H17ClN2OS. The van der Waals surface area contributed by atoms with Crippen LogP contribution in [-0.4, -0.2) is 10.9 Å². The van der Waals surface area contributed by atoms with Gasteiger partial charge in [0, 0.05) is 21.2 Å². The van der Waals surface area contributed by atoms with Crippen molar-refractivity contribution in [3.05, 3.63) is 69.0 Å². The first-order valence-corrected chi connectivity index (χ1v) is 8.79. The number of rotatable bonds is 4. The number of thiazole rings is 1. The van der Waals surface area contributed by atoms with Crippen molar-refractivity contribution in [2.75, 3.05) is 5.32 Å². The molecule has 0 bridgehead atoms. The molecule has 1 N–H and O–H groups in total. The van der Waals surface area contributed by atoms with E-state index in [4.69, 9.17) is 11.6 Å². The molecule has 3 aromatic rings. The summed E-state index contributed by atoms with van der Waals surface area (Å²) in [6, 6.07) is 15.3. The van der Waals surface area contributed by atoms with Crippen LogP contribution in [0.25, 0.3) is 11.3 Å². The van der Waals surface area contributed by atoms with Crippen molar-refractivity contribution in [2.24, 2.45) is 0 Å². The Labute approximate surface area is 150 Å². The second-order valence-corrected chi connectivity index (χ2v) is 7.33. The van der Waals surface area contributed by atoms with Crippen molar-refractivity contribution in [3.63, 3.8) is 0 Å². The lowest BCUT2D eigenvalue weighted by molar-refractivity contribution is -0.115. The summed E-state index contributed by atoms with van der Waals surface area (Å²) in [6.45, 7) is 4.01. The van der Waals surface area contributed by atoms with Crippen LogP contribution in [0.15, 0.2) is 48.5 Å². The van der Waals surface area contributed by atoms with E-state index in [1.54, 1.807) is 23.5 Å². The number of aromatic nitrogens is 1. The lowest BCUT2D eigenvalue weighted by atomic mass is 10.1. The van der Waals surface area contributed by atoms with Crippen LogP contribution in [0.2, 0.25) is 5.02 Å². The molecule has 0 saturated heterocycles. The molecule has 0 aliphatic heterocycles. The van der Waals surface area contributed by atoms with Gasteiger partial charge in [-0.05, 0) is 32.0 Å². The van der Waals surface area contributed by atoms with Crippen molar-refractivity contribution < 1.29 is 4.79 Å². The minimum absolute atomic E-state index is 0.0747. The van der Waals surface area contributed by atoms with E-state index in [1.165, 1.54) is 5.56 Å². The number of amides is 1. The van der Waals surface area contributed by atoms with Gasteiger partial charge in [0.25, 0.3) is 0 Å². The van der Waals surface area contributed by atoms with Crippen molar-refractivity contribution >= 4 is 34.5 Å². The van der Waals surface area contributed by atoms with Crippen LogP contribution in [0.3, 0.4) is 0 Å². The van der Waals surface area contributed by atoms with Crippen LogP contribution in [0.5, 0.6) is 0 Å². The van der Waals surface area contributed by atoms with Crippen molar-refractivity contribution in [3.8, 4) is 11.3 Å².